The number of hydrogen-bond acceptors (Lipinski definition) is 5. The first-order valence-electron chi connectivity index (χ1n) is 11.1. The van der Waals surface area contributed by atoms with Gasteiger partial charge < -0.3 is 19.9 Å². The number of hydrogen-bond donors (Lipinski definition) is 1. The van der Waals surface area contributed by atoms with Crippen LogP contribution in [-0.4, -0.2) is 67.7 Å². The molecule has 0 atom stereocenters. The highest BCUT2D eigenvalue weighted by atomic mass is 32.2. The number of nitrogens with zero attached hydrogens (tertiary/aromatic N) is 2. The van der Waals surface area contributed by atoms with E-state index in [9.17, 15) is 9.59 Å². The summed E-state index contributed by atoms with van der Waals surface area (Å²) >= 11 is 1.63. The Kier molecular flexibility index (Phi) is 9.43. The van der Waals surface area contributed by atoms with Crippen molar-refractivity contribution in [2.75, 3.05) is 51.4 Å². The number of aryl methyl sites for hydroxylation is 1. The van der Waals surface area contributed by atoms with Gasteiger partial charge in [-0.1, -0.05) is 24.3 Å². The van der Waals surface area contributed by atoms with Gasteiger partial charge in [-0.25, -0.2) is 0 Å². The van der Waals surface area contributed by atoms with Crippen LogP contribution in [0.4, 0.5) is 5.69 Å². The Hall–Kier alpha value is -2.51. The van der Waals surface area contributed by atoms with Gasteiger partial charge >= 0.3 is 0 Å². The smallest absolute Gasteiger partial charge is 0.225 e. The van der Waals surface area contributed by atoms with Crippen molar-refractivity contribution in [3.05, 3.63) is 54.1 Å². The molecule has 0 bridgehead atoms. The fourth-order valence-electron chi connectivity index (χ4n) is 3.87. The molecule has 7 heteroatoms. The molecule has 0 radical (unpaired) electrons. The van der Waals surface area contributed by atoms with Gasteiger partial charge in [0.1, 0.15) is 5.75 Å². The van der Waals surface area contributed by atoms with Crippen LogP contribution in [0.25, 0.3) is 0 Å². The monoisotopic (exact) mass is 455 g/mol. The summed E-state index contributed by atoms with van der Waals surface area (Å²) in [6.07, 6.45) is 4.65. The molecule has 0 saturated carbocycles. The number of amides is 2. The molecule has 0 aromatic heterocycles. The average Bonchev–Trinajstić information content (AvgIpc) is 3.08. The number of para-hydroxylation sites is 1. The molecule has 1 aliphatic heterocycles. The number of thioether (sulfide) groups is 1. The molecule has 2 aromatic rings. The molecule has 172 valence electrons. The van der Waals surface area contributed by atoms with Crippen molar-refractivity contribution in [1.82, 2.24) is 9.80 Å². The maximum atomic E-state index is 12.7. The number of benzene rings is 2. The number of methoxy groups -OCH3 is 1. The molecule has 0 unspecified atom stereocenters. The van der Waals surface area contributed by atoms with Crippen LogP contribution >= 0.6 is 11.8 Å². The van der Waals surface area contributed by atoms with Gasteiger partial charge in [0.05, 0.1) is 12.8 Å². The van der Waals surface area contributed by atoms with Crippen molar-refractivity contribution in [1.29, 1.82) is 0 Å². The van der Waals surface area contributed by atoms with Crippen molar-refractivity contribution < 1.29 is 14.3 Å². The van der Waals surface area contributed by atoms with Gasteiger partial charge in [0.25, 0.3) is 0 Å². The van der Waals surface area contributed by atoms with Crippen molar-refractivity contribution >= 4 is 29.3 Å². The second kappa shape index (κ2) is 12.5. The lowest BCUT2D eigenvalue weighted by Crippen LogP contribution is -2.36. The molecule has 2 aromatic carbocycles. The number of rotatable bonds is 9. The summed E-state index contributed by atoms with van der Waals surface area (Å²) in [6.45, 7) is 3.94. The van der Waals surface area contributed by atoms with Crippen LogP contribution in [-0.2, 0) is 16.0 Å². The van der Waals surface area contributed by atoms with Crippen LogP contribution in [0.1, 0.15) is 24.8 Å². The third kappa shape index (κ3) is 7.28. The zero-order valence-electron chi connectivity index (χ0n) is 19.0. The molecule has 6 nitrogen and oxygen atoms in total. The summed E-state index contributed by atoms with van der Waals surface area (Å²) in [5.74, 6) is 1.06. The predicted octanol–water partition coefficient (Wildman–Crippen LogP) is 3.91. The summed E-state index contributed by atoms with van der Waals surface area (Å²) in [5, 5.41) is 3.02. The summed E-state index contributed by atoms with van der Waals surface area (Å²) in [7, 11) is 1.65. The third-order valence-corrected chi connectivity index (χ3v) is 6.56. The topological polar surface area (TPSA) is 61.9 Å². The molecule has 1 N–H and O–H groups in total. The second-order valence-corrected chi connectivity index (χ2v) is 8.77. The Morgan fingerprint density at radius 1 is 1.00 bits per heavy atom. The van der Waals surface area contributed by atoms with E-state index in [0.717, 1.165) is 60.9 Å². The van der Waals surface area contributed by atoms with E-state index >= 15 is 0 Å². The Balaban J connectivity index is 1.40. The van der Waals surface area contributed by atoms with E-state index < -0.39 is 0 Å². The van der Waals surface area contributed by atoms with E-state index in [2.05, 4.69) is 10.2 Å². The highest BCUT2D eigenvalue weighted by molar-refractivity contribution is 7.98. The molecular formula is C25H33N3O3S. The van der Waals surface area contributed by atoms with Crippen LogP contribution in [0.5, 0.6) is 5.75 Å². The fraction of sp³-hybridized carbons (Fsp3) is 0.440. The van der Waals surface area contributed by atoms with Crippen LogP contribution in [0.3, 0.4) is 0 Å². The number of carbonyl (C=O) groups excluding carboxylic acids is 2. The molecule has 3 rings (SSSR count). The van der Waals surface area contributed by atoms with Crippen molar-refractivity contribution in [2.45, 2.75) is 30.6 Å². The van der Waals surface area contributed by atoms with E-state index in [0.29, 0.717) is 19.4 Å². The normalized spacial score (nSPS) is 14.6. The predicted molar refractivity (Wildman–Crippen MR) is 130 cm³/mol. The van der Waals surface area contributed by atoms with E-state index in [1.165, 1.54) is 0 Å². The molecule has 0 aliphatic carbocycles. The average molecular weight is 456 g/mol. The maximum Gasteiger partial charge on any atom is 0.225 e. The summed E-state index contributed by atoms with van der Waals surface area (Å²) in [5.41, 5.74) is 2.01. The highest BCUT2D eigenvalue weighted by Gasteiger charge is 2.19. The van der Waals surface area contributed by atoms with Gasteiger partial charge in [0.2, 0.25) is 11.8 Å². The minimum Gasteiger partial charge on any atom is -0.497 e. The van der Waals surface area contributed by atoms with Crippen LogP contribution < -0.4 is 10.1 Å². The molecular weight excluding hydrogens is 422 g/mol. The Morgan fingerprint density at radius 3 is 2.53 bits per heavy atom. The summed E-state index contributed by atoms with van der Waals surface area (Å²) in [4.78, 5) is 30.5. The second-order valence-electron chi connectivity index (χ2n) is 7.92. The van der Waals surface area contributed by atoms with E-state index in [-0.39, 0.29) is 11.8 Å². The van der Waals surface area contributed by atoms with Gasteiger partial charge in [-0.15, -0.1) is 11.8 Å². The van der Waals surface area contributed by atoms with Crippen LogP contribution in [0.15, 0.2) is 53.4 Å². The SMILES string of the molecule is COc1ccc(CCC(=O)N2CCCN(CCC(=O)Nc3ccccc3SC)CC2)cc1. The molecule has 32 heavy (non-hydrogen) atoms. The van der Waals surface area contributed by atoms with Gasteiger partial charge in [0.15, 0.2) is 0 Å². The molecule has 0 spiro atoms. The first kappa shape index (κ1) is 24.1. The first-order valence-corrected chi connectivity index (χ1v) is 12.4. The maximum absolute atomic E-state index is 12.7. The minimum atomic E-state index is 0.0307. The number of ether oxygens (including phenoxy) is 1. The molecule has 2 amide bonds. The fourth-order valence-corrected chi connectivity index (χ4v) is 4.42. The van der Waals surface area contributed by atoms with Gasteiger partial charge in [-0.2, -0.15) is 0 Å². The Labute approximate surface area is 195 Å². The van der Waals surface area contributed by atoms with Crippen LogP contribution in [0, 0.1) is 0 Å². The largest absolute Gasteiger partial charge is 0.497 e. The van der Waals surface area contributed by atoms with Crippen LogP contribution in [0.2, 0.25) is 0 Å². The number of carbonyl (C=O) groups is 2. The zero-order chi connectivity index (χ0) is 22.8. The lowest BCUT2D eigenvalue weighted by Gasteiger charge is -2.22. The number of nitrogens with one attached hydrogen (secondary N) is 1. The van der Waals surface area contributed by atoms with E-state index in [4.69, 9.17) is 4.74 Å². The van der Waals surface area contributed by atoms with Gasteiger partial charge in [-0.3, -0.25) is 9.59 Å². The summed E-state index contributed by atoms with van der Waals surface area (Å²) < 4.78 is 5.18. The van der Waals surface area contributed by atoms with Crippen molar-refractivity contribution in [2.24, 2.45) is 0 Å². The Bertz CT molecular complexity index is 888. The standard InChI is InChI=1S/C25H33N3O3S/c1-31-21-11-8-20(9-12-21)10-13-25(30)28-16-5-15-27(18-19-28)17-14-24(29)26-22-6-3-4-7-23(22)32-2/h3-4,6-9,11-12H,5,10,13-19H2,1-2H3,(H,26,29). The molecule has 1 aliphatic rings. The van der Waals surface area contributed by atoms with Crippen molar-refractivity contribution in [3.8, 4) is 5.75 Å². The first-order chi connectivity index (χ1) is 15.6. The zero-order valence-corrected chi connectivity index (χ0v) is 19.8. The summed E-state index contributed by atoms with van der Waals surface area (Å²) in [6, 6.07) is 15.7. The minimum absolute atomic E-state index is 0.0307. The van der Waals surface area contributed by atoms with E-state index in [1.807, 2.05) is 59.7 Å². The molecule has 1 fully saturated rings. The number of anilines is 1. The van der Waals surface area contributed by atoms with E-state index in [1.54, 1.807) is 18.9 Å². The van der Waals surface area contributed by atoms with Crippen molar-refractivity contribution in [3.63, 3.8) is 0 Å². The Morgan fingerprint density at radius 2 is 1.78 bits per heavy atom. The van der Waals surface area contributed by atoms with Gasteiger partial charge in [0, 0.05) is 43.9 Å². The third-order valence-electron chi connectivity index (χ3n) is 5.76. The molecule has 1 heterocycles. The molecule has 1 saturated heterocycles. The van der Waals surface area contributed by atoms with Gasteiger partial charge in [-0.05, 0) is 55.5 Å². The lowest BCUT2D eigenvalue weighted by molar-refractivity contribution is -0.131. The lowest BCUT2D eigenvalue weighted by atomic mass is 10.1. The quantitative estimate of drug-likeness (QED) is 0.581. The highest BCUT2D eigenvalue weighted by Crippen LogP contribution is 2.24.